The van der Waals surface area contributed by atoms with Crippen LogP contribution >= 0.6 is 23.2 Å². The van der Waals surface area contributed by atoms with Crippen molar-refractivity contribution in [2.75, 3.05) is 13.2 Å². The summed E-state index contributed by atoms with van der Waals surface area (Å²) in [5.74, 6) is -2.49. The summed E-state index contributed by atoms with van der Waals surface area (Å²) in [6, 6.07) is 3.36. The van der Waals surface area contributed by atoms with Crippen molar-refractivity contribution in [2.24, 2.45) is 0 Å². The molecule has 1 N–H and O–H groups in total. The van der Waals surface area contributed by atoms with Crippen LogP contribution in [0.1, 0.15) is 19.4 Å². The van der Waals surface area contributed by atoms with Crippen LogP contribution in [-0.2, 0) is 23.9 Å². The van der Waals surface area contributed by atoms with Crippen LogP contribution in [0.2, 0.25) is 10.0 Å². The van der Waals surface area contributed by atoms with Crippen LogP contribution in [-0.4, -0.2) is 37.1 Å². The van der Waals surface area contributed by atoms with E-state index in [1.807, 2.05) is 0 Å². The van der Waals surface area contributed by atoms with Crippen LogP contribution in [0.4, 0.5) is 0 Å². The second-order valence-electron chi connectivity index (χ2n) is 4.41. The molecule has 1 rings (SSSR count). The molecule has 0 saturated carbocycles. The molecule has 0 aliphatic rings. The van der Waals surface area contributed by atoms with Crippen molar-refractivity contribution in [3.63, 3.8) is 0 Å². The van der Waals surface area contributed by atoms with Crippen LogP contribution < -0.4 is 5.32 Å². The number of carbonyl (C=O) groups excluding carboxylic acids is 3. The fourth-order valence-electron chi connectivity index (χ4n) is 1.68. The molecule has 0 fully saturated rings. The molecular formula is C16H17Cl2NO5. The molecule has 0 aliphatic carbocycles. The molecule has 1 aromatic carbocycles. The first-order valence-electron chi connectivity index (χ1n) is 7.16. The standard InChI is InChI=1S/C16H17Cl2NO5/c1-3-23-15(21)14(16(22)24-4-2)19-13(20)9-8-10-11(17)6-5-7-12(10)18/h5-9,14H,3-4H2,1-2H3,(H,19,20)/b9-8+. The van der Waals surface area contributed by atoms with Gasteiger partial charge in [-0.25, -0.2) is 9.59 Å². The number of esters is 2. The maximum Gasteiger partial charge on any atom is 0.340 e. The van der Waals surface area contributed by atoms with E-state index in [-0.39, 0.29) is 13.2 Å². The molecule has 0 aliphatic heterocycles. The van der Waals surface area contributed by atoms with E-state index in [1.165, 1.54) is 6.08 Å². The first-order chi connectivity index (χ1) is 11.4. The van der Waals surface area contributed by atoms with Crippen molar-refractivity contribution in [2.45, 2.75) is 19.9 Å². The minimum absolute atomic E-state index is 0.0652. The average molecular weight is 374 g/mol. The number of nitrogens with one attached hydrogen (secondary N) is 1. The predicted molar refractivity (Wildman–Crippen MR) is 90.7 cm³/mol. The van der Waals surface area contributed by atoms with Crippen LogP contribution in [0.15, 0.2) is 24.3 Å². The summed E-state index contributed by atoms with van der Waals surface area (Å²) >= 11 is 12.0. The van der Waals surface area contributed by atoms with Crippen molar-refractivity contribution >= 4 is 47.1 Å². The molecule has 1 amide bonds. The largest absolute Gasteiger partial charge is 0.464 e. The zero-order valence-electron chi connectivity index (χ0n) is 13.2. The van der Waals surface area contributed by atoms with Crippen molar-refractivity contribution in [1.82, 2.24) is 5.32 Å². The van der Waals surface area contributed by atoms with Crippen LogP contribution in [0, 0.1) is 0 Å². The van der Waals surface area contributed by atoms with E-state index in [4.69, 9.17) is 32.7 Å². The average Bonchev–Trinajstić information content (AvgIpc) is 2.52. The van der Waals surface area contributed by atoms with Gasteiger partial charge in [-0.15, -0.1) is 0 Å². The van der Waals surface area contributed by atoms with E-state index in [0.717, 1.165) is 6.08 Å². The fourth-order valence-corrected chi connectivity index (χ4v) is 2.21. The van der Waals surface area contributed by atoms with E-state index in [1.54, 1.807) is 32.0 Å². The van der Waals surface area contributed by atoms with Gasteiger partial charge in [-0.2, -0.15) is 0 Å². The second kappa shape index (κ2) is 9.95. The number of amides is 1. The third kappa shape index (κ3) is 5.86. The van der Waals surface area contributed by atoms with Gasteiger partial charge in [0.2, 0.25) is 11.9 Å². The number of rotatable bonds is 7. The Bertz CT molecular complexity index is 607. The van der Waals surface area contributed by atoms with Crippen molar-refractivity contribution < 1.29 is 23.9 Å². The van der Waals surface area contributed by atoms with Gasteiger partial charge in [0.05, 0.1) is 13.2 Å². The molecule has 8 heteroatoms. The first kappa shape index (κ1) is 20.0. The molecule has 24 heavy (non-hydrogen) atoms. The summed E-state index contributed by atoms with van der Waals surface area (Å²) in [4.78, 5) is 35.5. The number of halogens is 2. The van der Waals surface area contributed by atoms with Crippen molar-refractivity contribution in [1.29, 1.82) is 0 Å². The highest BCUT2D eigenvalue weighted by atomic mass is 35.5. The summed E-state index contributed by atoms with van der Waals surface area (Å²) in [6.07, 6.45) is 2.49. The molecular weight excluding hydrogens is 357 g/mol. The van der Waals surface area contributed by atoms with Crippen LogP contribution in [0.5, 0.6) is 0 Å². The number of carbonyl (C=O) groups is 3. The number of ether oxygens (including phenoxy) is 2. The predicted octanol–water partition coefficient (Wildman–Crippen LogP) is 2.62. The zero-order valence-corrected chi connectivity index (χ0v) is 14.7. The van der Waals surface area contributed by atoms with E-state index < -0.39 is 23.9 Å². The van der Waals surface area contributed by atoms with Gasteiger partial charge in [-0.1, -0.05) is 29.3 Å². The monoisotopic (exact) mass is 373 g/mol. The normalized spacial score (nSPS) is 10.7. The number of benzene rings is 1. The topological polar surface area (TPSA) is 81.7 Å². The molecule has 0 saturated heterocycles. The molecule has 0 unspecified atom stereocenters. The Hall–Kier alpha value is -2.05. The third-order valence-corrected chi connectivity index (χ3v) is 3.39. The van der Waals surface area contributed by atoms with Gasteiger partial charge in [0.1, 0.15) is 0 Å². The third-order valence-electron chi connectivity index (χ3n) is 2.73. The molecule has 0 bridgehead atoms. The zero-order chi connectivity index (χ0) is 18.1. The highest BCUT2D eigenvalue weighted by molar-refractivity contribution is 6.37. The van der Waals surface area contributed by atoms with Gasteiger partial charge in [-0.3, -0.25) is 4.79 Å². The first-order valence-corrected chi connectivity index (χ1v) is 7.92. The van der Waals surface area contributed by atoms with Crippen LogP contribution in [0.25, 0.3) is 6.08 Å². The van der Waals surface area contributed by atoms with Gasteiger partial charge >= 0.3 is 11.9 Å². The van der Waals surface area contributed by atoms with Gasteiger partial charge in [0.15, 0.2) is 0 Å². The SMILES string of the molecule is CCOC(=O)C(NC(=O)/C=C/c1c(Cl)cccc1Cl)C(=O)OCC. The van der Waals surface area contributed by atoms with E-state index in [0.29, 0.717) is 15.6 Å². The van der Waals surface area contributed by atoms with Gasteiger partial charge in [-0.05, 0) is 32.1 Å². The Kier molecular flexibility index (Phi) is 8.29. The van der Waals surface area contributed by atoms with Gasteiger partial charge in [0.25, 0.3) is 0 Å². The smallest absolute Gasteiger partial charge is 0.340 e. The molecule has 0 spiro atoms. The number of hydrogen-bond acceptors (Lipinski definition) is 5. The molecule has 0 atom stereocenters. The Morgan fingerprint density at radius 2 is 1.58 bits per heavy atom. The summed E-state index contributed by atoms with van der Waals surface area (Å²) < 4.78 is 9.51. The van der Waals surface area contributed by atoms with E-state index in [9.17, 15) is 14.4 Å². The quantitative estimate of drug-likeness (QED) is 0.451. The highest BCUT2D eigenvalue weighted by Crippen LogP contribution is 2.25. The van der Waals surface area contributed by atoms with Crippen molar-refractivity contribution in [3.8, 4) is 0 Å². The molecule has 0 radical (unpaired) electrons. The summed E-state index contributed by atoms with van der Waals surface area (Å²) in [5.41, 5.74) is 0.444. The minimum atomic E-state index is -1.54. The highest BCUT2D eigenvalue weighted by Gasteiger charge is 2.30. The molecule has 130 valence electrons. The minimum Gasteiger partial charge on any atom is -0.464 e. The lowest BCUT2D eigenvalue weighted by Crippen LogP contribution is -2.47. The second-order valence-corrected chi connectivity index (χ2v) is 5.23. The van der Waals surface area contributed by atoms with E-state index in [2.05, 4.69) is 5.32 Å². The van der Waals surface area contributed by atoms with Crippen LogP contribution in [0.3, 0.4) is 0 Å². The Labute approximate surface area is 149 Å². The summed E-state index contributed by atoms with van der Waals surface area (Å²) in [6.45, 7) is 3.30. The fraction of sp³-hybridized carbons (Fsp3) is 0.312. The summed E-state index contributed by atoms with van der Waals surface area (Å²) in [7, 11) is 0. The molecule has 0 heterocycles. The lowest BCUT2D eigenvalue weighted by molar-refractivity contribution is -0.159. The number of hydrogen-bond donors (Lipinski definition) is 1. The maximum absolute atomic E-state index is 12.0. The lowest BCUT2D eigenvalue weighted by Gasteiger charge is -2.14. The Morgan fingerprint density at radius 3 is 2.04 bits per heavy atom. The van der Waals surface area contributed by atoms with E-state index >= 15 is 0 Å². The maximum atomic E-state index is 12.0. The van der Waals surface area contributed by atoms with Gasteiger partial charge < -0.3 is 14.8 Å². The summed E-state index contributed by atoms with van der Waals surface area (Å²) in [5, 5.41) is 2.95. The van der Waals surface area contributed by atoms with Gasteiger partial charge in [0, 0.05) is 21.7 Å². The Morgan fingerprint density at radius 1 is 1.08 bits per heavy atom. The van der Waals surface area contributed by atoms with Crippen molar-refractivity contribution in [3.05, 3.63) is 39.9 Å². The molecule has 1 aromatic rings. The molecule has 6 nitrogen and oxygen atoms in total. The lowest BCUT2D eigenvalue weighted by atomic mass is 10.2. The Balaban J connectivity index is 2.86. The molecule has 0 aromatic heterocycles.